The molecule has 1 aromatic heterocycles. The lowest BCUT2D eigenvalue weighted by atomic mass is 10.1. The Balaban J connectivity index is 1.75. The van der Waals surface area contributed by atoms with E-state index in [1.807, 2.05) is 24.3 Å². The van der Waals surface area contributed by atoms with Crippen molar-refractivity contribution in [2.45, 2.75) is 6.61 Å². The van der Waals surface area contributed by atoms with Crippen molar-refractivity contribution in [1.29, 1.82) is 0 Å². The summed E-state index contributed by atoms with van der Waals surface area (Å²) in [5.41, 5.74) is 8.60. The average Bonchev–Trinajstić information content (AvgIpc) is 2.67. The summed E-state index contributed by atoms with van der Waals surface area (Å²) in [5.74, 6) is 1.19. The van der Waals surface area contributed by atoms with Crippen LogP contribution in [-0.2, 0) is 6.61 Å². The monoisotopic (exact) mass is 356 g/mol. The molecule has 1 aromatic carbocycles. The molecule has 26 heavy (non-hydrogen) atoms. The minimum Gasteiger partial charge on any atom is -0.392 e. The number of hydrogen-bond donors (Lipinski definition) is 2. The van der Waals surface area contributed by atoms with Crippen LogP contribution in [0.5, 0.6) is 0 Å². The van der Waals surface area contributed by atoms with Crippen molar-refractivity contribution in [3.05, 3.63) is 36.0 Å². The zero-order valence-electron chi connectivity index (χ0n) is 15.6. The van der Waals surface area contributed by atoms with Crippen molar-refractivity contribution >= 4 is 11.6 Å². The van der Waals surface area contributed by atoms with Gasteiger partial charge in [-0.05, 0) is 19.7 Å². The van der Waals surface area contributed by atoms with Gasteiger partial charge in [0.2, 0.25) is 0 Å². The van der Waals surface area contributed by atoms with Crippen LogP contribution in [0, 0.1) is 0 Å². The molecule has 2 heterocycles. The highest BCUT2D eigenvalue weighted by molar-refractivity contribution is 5.68. The number of piperazine rings is 1. The van der Waals surface area contributed by atoms with Crippen molar-refractivity contribution < 1.29 is 5.11 Å². The molecule has 1 aliphatic heterocycles. The summed E-state index contributed by atoms with van der Waals surface area (Å²) in [6.07, 6.45) is 1.68. The molecule has 0 aliphatic carbocycles. The highest BCUT2D eigenvalue weighted by Gasteiger charge is 2.21. The Morgan fingerprint density at radius 3 is 2.58 bits per heavy atom. The maximum atomic E-state index is 9.58. The lowest BCUT2D eigenvalue weighted by Gasteiger charge is -2.36. The second-order valence-electron chi connectivity index (χ2n) is 6.91. The molecule has 0 saturated carbocycles. The highest BCUT2D eigenvalue weighted by atomic mass is 16.3. The molecule has 7 heteroatoms. The first-order valence-corrected chi connectivity index (χ1v) is 9.02. The molecule has 0 bridgehead atoms. The third-order valence-corrected chi connectivity index (χ3v) is 4.78. The predicted molar refractivity (Wildman–Crippen MR) is 105 cm³/mol. The summed E-state index contributed by atoms with van der Waals surface area (Å²) in [5, 5.41) is 9.58. The molecule has 0 atom stereocenters. The second-order valence-corrected chi connectivity index (χ2v) is 6.91. The van der Waals surface area contributed by atoms with Gasteiger partial charge >= 0.3 is 0 Å². The number of likely N-dealkylation sites (N-methyl/N-ethyl adjacent to an activating group) is 1. The molecular formula is C19H28N6O. The van der Waals surface area contributed by atoms with E-state index in [0.717, 1.165) is 61.9 Å². The smallest absolute Gasteiger partial charge is 0.172 e. The van der Waals surface area contributed by atoms with Crippen LogP contribution in [0.2, 0.25) is 0 Å². The number of aromatic nitrogens is 2. The molecule has 0 radical (unpaired) electrons. The first-order valence-electron chi connectivity index (χ1n) is 9.02. The van der Waals surface area contributed by atoms with E-state index in [2.05, 4.69) is 33.8 Å². The molecule has 1 aliphatic rings. The quantitative estimate of drug-likeness (QED) is 0.796. The Labute approximate surface area is 155 Å². The Morgan fingerprint density at radius 2 is 1.88 bits per heavy atom. The van der Waals surface area contributed by atoms with E-state index in [-0.39, 0.29) is 6.61 Å². The van der Waals surface area contributed by atoms with E-state index in [1.54, 1.807) is 6.20 Å². The number of nitrogens with zero attached hydrogens (tertiary/aromatic N) is 5. The number of aliphatic hydroxyl groups is 1. The Hall–Kier alpha value is -2.22. The van der Waals surface area contributed by atoms with E-state index in [1.165, 1.54) is 0 Å². The minimum absolute atomic E-state index is 0.0257. The summed E-state index contributed by atoms with van der Waals surface area (Å²) < 4.78 is 0. The number of hydrogen-bond acceptors (Lipinski definition) is 7. The number of nitrogen functional groups attached to an aromatic ring is 1. The van der Waals surface area contributed by atoms with Crippen LogP contribution in [0.4, 0.5) is 11.6 Å². The van der Waals surface area contributed by atoms with Crippen LogP contribution < -0.4 is 10.6 Å². The van der Waals surface area contributed by atoms with Gasteiger partial charge in [-0.3, -0.25) is 4.90 Å². The molecule has 1 fully saturated rings. The van der Waals surface area contributed by atoms with Gasteiger partial charge in [-0.25, -0.2) is 9.97 Å². The summed E-state index contributed by atoms with van der Waals surface area (Å²) >= 11 is 0. The molecule has 7 nitrogen and oxygen atoms in total. The number of benzene rings is 1. The summed E-state index contributed by atoms with van der Waals surface area (Å²) in [7, 11) is 4.20. The van der Waals surface area contributed by atoms with Crippen LogP contribution >= 0.6 is 0 Å². The van der Waals surface area contributed by atoms with Crippen LogP contribution in [0.15, 0.2) is 30.5 Å². The van der Waals surface area contributed by atoms with E-state index in [4.69, 9.17) is 10.7 Å². The van der Waals surface area contributed by atoms with Gasteiger partial charge in [0, 0.05) is 44.8 Å². The fourth-order valence-electron chi connectivity index (χ4n) is 3.18. The number of nitrogens with two attached hydrogens (primary N) is 1. The molecule has 0 unspecified atom stereocenters. The number of anilines is 2. The standard InChI is InChI=1S/C19H28N6O/c1-23(2)7-8-24-9-11-25(12-10-24)19-18(20)21-13-17(22-19)16-6-4-3-5-15(16)14-26/h3-6,13,26H,7-12,14H2,1-2H3,(H2,20,21). The third-order valence-electron chi connectivity index (χ3n) is 4.78. The molecule has 140 valence electrons. The second kappa shape index (κ2) is 8.44. The van der Waals surface area contributed by atoms with Gasteiger partial charge < -0.3 is 20.6 Å². The summed E-state index contributed by atoms with van der Waals surface area (Å²) in [6.45, 7) is 5.87. The summed E-state index contributed by atoms with van der Waals surface area (Å²) in [4.78, 5) is 16.0. The molecule has 3 N–H and O–H groups in total. The Bertz CT molecular complexity index is 728. The van der Waals surface area contributed by atoms with Gasteiger partial charge in [-0.2, -0.15) is 0 Å². The fraction of sp³-hybridized carbons (Fsp3) is 0.474. The normalized spacial score (nSPS) is 15.6. The van der Waals surface area contributed by atoms with Crippen LogP contribution in [0.1, 0.15) is 5.56 Å². The number of aliphatic hydroxyl groups excluding tert-OH is 1. The van der Waals surface area contributed by atoms with Crippen LogP contribution in [0.3, 0.4) is 0 Å². The maximum absolute atomic E-state index is 9.58. The SMILES string of the molecule is CN(C)CCN1CCN(c2nc(-c3ccccc3CO)cnc2N)CC1. The largest absolute Gasteiger partial charge is 0.392 e. The number of rotatable bonds is 6. The van der Waals surface area contributed by atoms with Gasteiger partial charge in [0.05, 0.1) is 18.5 Å². The maximum Gasteiger partial charge on any atom is 0.172 e. The lowest BCUT2D eigenvalue weighted by molar-refractivity contribution is 0.229. The van der Waals surface area contributed by atoms with Gasteiger partial charge in [-0.15, -0.1) is 0 Å². The van der Waals surface area contributed by atoms with Crippen LogP contribution in [-0.4, -0.2) is 78.2 Å². The van der Waals surface area contributed by atoms with E-state index < -0.39 is 0 Å². The van der Waals surface area contributed by atoms with Crippen molar-refractivity contribution in [2.24, 2.45) is 0 Å². The zero-order valence-corrected chi connectivity index (χ0v) is 15.6. The van der Waals surface area contributed by atoms with Gasteiger partial charge in [0.1, 0.15) is 0 Å². The molecule has 1 saturated heterocycles. The van der Waals surface area contributed by atoms with Crippen molar-refractivity contribution in [3.8, 4) is 11.3 Å². The van der Waals surface area contributed by atoms with Crippen molar-refractivity contribution in [2.75, 3.05) is 64.0 Å². The van der Waals surface area contributed by atoms with Crippen molar-refractivity contribution in [3.63, 3.8) is 0 Å². The van der Waals surface area contributed by atoms with E-state index >= 15 is 0 Å². The first-order chi connectivity index (χ1) is 12.6. The van der Waals surface area contributed by atoms with Gasteiger partial charge in [0.25, 0.3) is 0 Å². The molecule has 3 rings (SSSR count). The van der Waals surface area contributed by atoms with Gasteiger partial charge in [0.15, 0.2) is 11.6 Å². The highest BCUT2D eigenvalue weighted by Crippen LogP contribution is 2.27. The molecule has 0 spiro atoms. The van der Waals surface area contributed by atoms with Crippen molar-refractivity contribution in [1.82, 2.24) is 19.8 Å². The molecule has 0 amide bonds. The Kier molecular flexibility index (Phi) is 6.03. The lowest BCUT2D eigenvalue weighted by Crippen LogP contribution is -2.48. The Morgan fingerprint density at radius 1 is 1.15 bits per heavy atom. The topological polar surface area (TPSA) is 81.8 Å². The van der Waals surface area contributed by atoms with Crippen LogP contribution in [0.25, 0.3) is 11.3 Å². The zero-order chi connectivity index (χ0) is 18.5. The average molecular weight is 356 g/mol. The first kappa shape index (κ1) is 18.6. The minimum atomic E-state index is -0.0257. The predicted octanol–water partition coefficient (Wildman–Crippen LogP) is 0.902. The fourth-order valence-corrected chi connectivity index (χ4v) is 3.18. The van der Waals surface area contributed by atoms with E-state index in [0.29, 0.717) is 5.82 Å². The molecule has 2 aromatic rings. The third kappa shape index (κ3) is 4.30. The van der Waals surface area contributed by atoms with E-state index in [9.17, 15) is 5.11 Å². The summed E-state index contributed by atoms with van der Waals surface area (Å²) in [6, 6.07) is 7.70. The van der Waals surface area contributed by atoms with Gasteiger partial charge in [-0.1, -0.05) is 24.3 Å². The molecular weight excluding hydrogens is 328 g/mol.